The van der Waals surface area contributed by atoms with Gasteiger partial charge in [0, 0.05) is 32.7 Å². The molecule has 1 aromatic rings. The minimum atomic E-state index is -4.30. The Hall–Kier alpha value is -1.80. The predicted molar refractivity (Wildman–Crippen MR) is 103 cm³/mol. The smallest absolute Gasteiger partial charge is 0.367 e. The van der Waals surface area contributed by atoms with E-state index < -0.39 is 12.8 Å². The molecule has 0 aliphatic heterocycles. The third-order valence-corrected chi connectivity index (χ3v) is 4.07. The van der Waals surface area contributed by atoms with Gasteiger partial charge in [-0.25, -0.2) is 0 Å². The first-order valence-corrected chi connectivity index (χ1v) is 9.16. The number of rotatable bonds is 10. The van der Waals surface area contributed by atoms with Crippen molar-refractivity contribution in [3.05, 3.63) is 35.4 Å². The summed E-state index contributed by atoms with van der Waals surface area (Å²) in [6, 6.07) is 7.77. The van der Waals surface area contributed by atoms with Gasteiger partial charge in [0.25, 0.3) is 0 Å². The number of guanidine groups is 1. The van der Waals surface area contributed by atoms with E-state index in [1.54, 1.807) is 19.2 Å². The zero-order valence-electron chi connectivity index (χ0n) is 16.6. The highest BCUT2D eigenvalue weighted by atomic mass is 19.4. The Morgan fingerprint density at radius 3 is 2.30 bits per heavy atom. The Bertz CT molecular complexity index is 559. The molecule has 0 saturated carbocycles. The van der Waals surface area contributed by atoms with Crippen molar-refractivity contribution in [1.29, 1.82) is 0 Å². The van der Waals surface area contributed by atoms with E-state index in [9.17, 15) is 13.2 Å². The first-order valence-electron chi connectivity index (χ1n) is 9.16. The van der Waals surface area contributed by atoms with Crippen LogP contribution in [0, 0.1) is 0 Å². The third-order valence-electron chi connectivity index (χ3n) is 4.07. The Labute approximate surface area is 160 Å². The van der Waals surface area contributed by atoms with Gasteiger partial charge in [0.15, 0.2) is 5.96 Å². The highest BCUT2D eigenvalue weighted by molar-refractivity contribution is 5.79. The summed E-state index contributed by atoms with van der Waals surface area (Å²) < 4.78 is 40.9. The molecule has 0 spiro atoms. The molecule has 154 valence electrons. The topological polar surface area (TPSA) is 48.9 Å². The average molecular weight is 388 g/mol. The lowest BCUT2D eigenvalue weighted by Crippen LogP contribution is -2.42. The second kappa shape index (κ2) is 11.8. The number of aliphatic imine (C=N–C) groups is 1. The van der Waals surface area contributed by atoms with E-state index in [0.717, 1.165) is 25.2 Å². The van der Waals surface area contributed by atoms with Crippen molar-refractivity contribution in [2.75, 3.05) is 33.3 Å². The molecule has 0 heterocycles. The number of hydrogen-bond acceptors (Lipinski definition) is 3. The molecule has 0 fully saturated rings. The summed E-state index contributed by atoms with van der Waals surface area (Å²) in [7, 11) is 1.72. The SMILES string of the molecule is CCN(CCNC(=NC)NCc1ccc(COCC(F)(F)F)cc1)C(C)C. The van der Waals surface area contributed by atoms with E-state index in [1.165, 1.54) is 0 Å². The van der Waals surface area contributed by atoms with Crippen LogP contribution in [-0.2, 0) is 17.9 Å². The number of alkyl halides is 3. The van der Waals surface area contributed by atoms with Gasteiger partial charge in [0.05, 0.1) is 6.61 Å². The average Bonchev–Trinajstić information content (AvgIpc) is 2.61. The molecule has 0 aromatic heterocycles. The maximum atomic E-state index is 12.1. The van der Waals surface area contributed by atoms with Gasteiger partial charge in [-0.2, -0.15) is 13.2 Å². The highest BCUT2D eigenvalue weighted by Gasteiger charge is 2.27. The van der Waals surface area contributed by atoms with Crippen LogP contribution in [0.2, 0.25) is 0 Å². The van der Waals surface area contributed by atoms with Gasteiger partial charge >= 0.3 is 6.18 Å². The maximum absolute atomic E-state index is 12.1. The molecule has 1 rings (SSSR count). The van der Waals surface area contributed by atoms with Crippen LogP contribution >= 0.6 is 0 Å². The fourth-order valence-corrected chi connectivity index (χ4v) is 2.54. The number of benzene rings is 1. The van der Waals surface area contributed by atoms with E-state index >= 15 is 0 Å². The van der Waals surface area contributed by atoms with Crippen molar-refractivity contribution in [1.82, 2.24) is 15.5 Å². The molecule has 0 amide bonds. The van der Waals surface area contributed by atoms with Crippen molar-refractivity contribution < 1.29 is 17.9 Å². The van der Waals surface area contributed by atoms with Gasteiger partial charge in [-0.3, -0.25) is 9.89 Å². The molecule has 0 bridgehead atoms. The molecule has 0 atom stereocenters. The van der Waals surface area contributed by atoms with Crippen LogP contribution in [0.3, 0.4) is 0 Å². The Kier molecular flexibility index (Phi) is 10.2. The molecule has 0 aliphatic rings. The van der Waals surface area contributed by atoms with E-state index in [1.807, 2.05) is 12.1 Å². The van der Waals surface area contributed by atoms with Crippen LogP contribution in [-0.4, -0.2) is 56.4 Å². The van der Waals surface area contributed by atoms with Gasteiger partial charge in [-0.05, 0) is 31.5 Å². The lowest BCUT2D eigenvalue weighted by atomic mass is 10.1. The van der Waals surface area contributed by atoms with Crippen LogP contribution in [0.4, 0.5) is 13.2 Å². The van der Waals surface area contributed by atoms with Gasteiger partial charge < -0.3 is 15.4 Å². The van der Waals surface area contributed by atoms with Crippen molar-refractivity contribution in [3.63, 3.8) is 0 Å². The number of likely N-dealkylation sites (N-methyl/N-ethyl adjacent to an activating group) is 1. The number of nitrogens with zero attached hydrogens (tertiary/aromatic N) is 2. The molecule has 5 nitrogen and oxygen atoms in total. The third kappa shape index (κ3) is 10.2. The molecule has 0 unspecified atom stereocenters. The Morgan fingerprint density at radius 2 is 1.78 bits per heavy atom. The van der Waals surface area contributed by atoms with Gasteiger partial charge in [-0.15, -0.1) is 0 Å². The standard InChI is InChI=1S/C19H31F3N4O/c1-5-26(15(2)3)11-10-24-18(23-4)25-12-16-6-8-17(9-7-16)13-27-14-19(20,21)22/h6-9,15H,5,10-14H2,1-4H3,(H2,23,24,25). The summed E-state index contributed by atoms with van der Waals surface area (Å²) in [5, 5.41) is 6.51. The maximum Gasteiger partial charge on any atom is 0.411 e. The molecule has 27 heavy (non-hydrogen) atoms. The predicted octanol–water partition coefficient (Wildman–Crippen LogP) is 3.16. The second-order valence-corrected chi connectivity index (χ2v) is 6.50. The van der Waals surface area contributed by atoms with Crippen molar-refractivity contribution in [2.45, 2.75) is 46.1 Å². The van der Waals surface area contributed by atoms with E-state index in [2.05, 4.69) is 46.0 Å². The van der Waals surface area contributed by atoms with Gasteiger partial charge in [-0.1, -0.05) is 31.2 Å². The summed E-state index contributed by atoms with van der Waals surface area (Å²) in [5.74, 6) is 0.715. The zero-order valence-corrected chi connectivity index (χ0v) is 16.6. The molecular formula is C19H31F3N4O. The van der Waals surface area contributed by atoms with Gasteiger partial charge in [0.2, 0.25) is 0 Å². The first-order chi connectivity index (χ1) is 12.7. The quantitative estimate of drug-likeness (QED) is 0.478. The van der Waals surface area contributed by atoms with Crippen LogP contribution in [0.15, 0.2) is 29.3 Å². The fraction of sp³-hybridized carbons (Fsp3) is 0.632. The minimum Gasteiger partial charge on any atom is -0.367 e. The molecule has 8 heteroatoms. The molecule has 0 radical (unpaired) electrons. The monoisotopic (exact) mass is 388 g/mol. The van der Waals surface area contributed by atoms with Crippen LogP contribution in [0.25, 0.3) is 0 Å². The van der Waals surface area contributed by atoms with Crippen LogP contribution in [0.5, 0.6) is 0 Å². The number of halogens is 3. The number of nitrogens with one attached hydrogen (secondary N) is 2. The molecule has 1 aromatic carbocycles. The normalized spacial score (nSPS) is 12.7. The number of hydrogen-bond donors (Lipinski definition) is 2. The molecular weight excluding hydrogens is 357 g/mol. The first kappa shape index (κ1) is 23.2. The fourth-order valence-electron chi connectivity index (χ4n) is 2.54. The van der Waals surface area contributed by atoms with E-state index in [4.69, 9.17) is 0 Å². The summed E-state index contributed by atoms with van der Waals surface area (Å²) >= 11 is 0. The second-order valence-electron chi connectivity index (χ2n) is 6.50. The highest BCUT2D eigenvalue weighted by Crippen LogP contribution is 2.15. The minimum absolute atomic E-state index is 0.0553. The Morgan fingerprint density at radius 1 is 1.15 bits per heavy atom. The van der Waals surface area contributed by atoms with E-state index in [-0.39, 0.29) is 6.61 Å². The molecule has 2 N–H and O–H groups in total. The lowest BCUT2D eigenvalue weighted by molar-refractivity contribution is -0.176. The summed E-state index contributed by atoms with van der Waals surface area (Å²) in [5.41, 5.74) is 1.72. The van der Waals surface area contributed by atoms with E-state index in [0.29, 0.717) is 24.1 Å². The zero-order chi connectivity index (χ0) is 20.3. The van der Waals surface area contributed by atoms with Gasteiger partial charge in [0.1, 0.15) is 6.61 Å². The summed E-state index contributed by atoms with van der Waals surface area (Å²) in [6.07, 6.45) is -4.30. The van der Waals surface area contributed by atoms with Crippen LogP contribution in [0.1, 0.15) is 31.9 Å². The largest absolute Gasteiger partial charge is 0.411 e. The Balaban J connectivity index is 2.36. The molecule has 0 aliphatic carbocycles. The van der Waals surface area contributed by atoms with Crippen molar-refractivity contribution in [3.8, 4) is 0 Å². The summed E-state index contributed by atoms with van der Waals surface area (Å²) in [4.78, 5) is 6.56. The van der Waals surface area contributed by atoms with Crippen LogP contribution < -0.4 is 10.6 Å². The summed E-state index contributed by atoms with van der Waals surface area (Å²) in [6.45, 7) is 8.51. The van der Waals surface area contributed by atoms with Crippen molar-refractivity contribution >= 4 is 5.96 Å². The van der Waals surface area contributed by atoms with Crippen molar-refractivity contribution in [2.24, 2.45) is 4.99 Å². The number of ether oxygens (including phenoxy) is 1. The lowest BCUT2D eigenvalue weighted by Gasteiger charge is -2.25. The molecule has 0 saturated heterocycles.